The second-order valence-corrected chi connectivity index (χ2v) is 4.64. The number of likely N-dealkylation sites (tertiary alicyclic amines) is 1. The number of hydrogen-bond acceptors (Lipinski definition) is 2. The summed E-state index contributed by atoms with van der Waals surface area (Å²) in [6, 6.07) is 2.50. The first-order chi connectivity index (χ1) is 8.52. The smallest absolute Gasteiger partial charge is 0.222 e. The molecule has 1 amide bonds. The number of nitrogens with two attached hydrogens (primary N) is 1. The van der Waals surface area contributed by atoms with Crippen molar-refractivity contribution in [3.8, 4) is 0 Å². The van der Waals surface area contributed by atoms with E-state index in [1.54, 1.807) is 7.05 Å². The summed E-state index contributed by atoms with van der Waals surface area (Å²) in [6.45, 7) is 0. The molecule has 1 aliphatic rings. The van der Waals surface area contributed by atoms with Gasteiger partial charge < -0.3 is 10.6 Å². The third-order valence-electron chi connectivity index (χ3n) is 3.44. The highest BCUT2D eigenvalue weighted by Gasteiger charge is 2.33. The van der Waals surface area contributed by atoms with E-state index in [0.29, 0.717) is 19.3 Å². The summed E-state index contributed by atoms with van der Waals surface area (Å²) < 4.78 is 27.6. The molecule has 1 fully saturated rings. The maximum absolute atomic E-state index is 13.8. The monoisotopic (exact) mass is 254 g/mol. The van der Waals surface area contributed by atoms with Crippen molar-refractivity contribution in [1.82, 2.24) is 4.90 Å². The summed E-state index contributed by atoms with van der Waals surface area (Å²) in [5.74, 6) is -1.44. The third kappa shape index (κ3) is 2.22. The Hall–Kier alpha value is -1.49. The molecular weight excluding hydrogens is 238 g/mol. The summed E-state index contributed by atoms with van der Waals surface area (Å²) in [7, 11) is 1.55. The molecule has 18 heavy (non-hydrogen) atoms. The molecule has 0 bridgehead atoms. The van der Waals surface area contributed by atoms with Gasteiger partial charge in [0, 0.05) is 25.1 Å². The van der Waals surface area contributed by atoms with Gasteiger partial charge >= 0.3 is 0 Å². The molecular formula is C13H16F2N2O. The van der Waals surface area contributed by atoms with E-state index < -0.39 is 23.7 Å². The molecule has 1 heterocycles. The fraction of sp³-hybridized carbons (Fsp3) is 0.462. The van der Waals surface area contributed by atoms with E-state index in [1.807, 2.05) is 0 Å². The van der Waals surface area contributed by atoms with Crippen LogP contribution in [0.2, 0.25) is 0 Å². The van der Waals surface area contributed by atoms with Gasteiger partial charge in [-0.2, -0.15) is 0 Å². The first kappa shape index (κ1) is 13.0. The number of carbonyl (C=O) groups is 1. The molecule has 5 heteroatoms. The molecule has 0 aliphatic carbocycles. The van der Waals surface area contributed by atoms with Crippen LogP contribution in [0.1, 0.15) is 30.9 Å². The van der Waals surface area contributed by atoms with Crippen LogP contribution in [0.15, 0.2) is 18.2 Å². The number of halogens is 2. The van der Waals surface area contributed by atoms with Crippen LogP contribution in [0.4, 0.5) is 8.78 Å². The van der Waals surface area contributed by atoms with Crippen molar-refractivity contribution in [2.24, 2.45) is 5.73 Å². The lowest BCUT2D eigenvalue weighted by Gasteiger charge is -2.31. The van der Waals surface area contributed by atoms with Crippen molar-refractivity contribution in [3.63, 3.8) is 0 Å². The molecule has 2 rings (SSSR count). The van der Waals surface area contributed by atoms with Gasteiger partial charge in [-0.15, -0.1) is 0 Å². The molecule has 2 N–H and O–H groups in total. The van der Waals surface area contributed by atoms with Crippen LogP contribution >= 0.6 is 0 Å². The maximum atomic E-state index is 13.8. The van der Waals surface area contributed by atoms with Crippen molar-refractivity contribution < 1.29 is 13.6 Å². The highest BCUT2D eigenvalue weighted by Crippen LogP contribution is 2.32. The number of carbonyl (C=O) groups excluding carboxylic acids is 1. The SMILES string of the molecule is CN1C(=O)CCCC(N)C1c1c(F)cccc1F. The van der Waals surface area contributed by atoms with Crippen molar-refractivity contribution >= 4 is 5.91 Å². The largest absolute Gasteiger partial charge is 0.337 e. The molecule has 1 aromatic rings. The normalized spacial score (nSPS) is 25.1. The minimum atomic E-state index is -0.735. The number of likely N-dealkylation sites (N-methyl/N-ethyl adjacent to an activating group) is 1. The minimum absolute atomic E-state index is 0.109. The van der Waals surface area contributed by atoms with E-state index >= 15 is 0 Å². The van der Waals surface area contributed by atoms with E-state index in [0.717, 1.165) is 0 Å². The summed E-state index contributed by atoms with van der Waals surface area (Å²) in [6.07, 6.45) is 1.60. The van der Waals surface area contributed by atoms with Crippen LogP contribution in [-0.4, -0.2) is 23.9 Å². The molecule has 0 saturated carbocycles. The number of rotatable bonds is 1. The van der Waals surface area contributed by atoms with Crippen molar-refractivity contribution in [3.05, 3.63) is 35.4 Å². The Labute approximate surface area is 105 Å². The highest BCUT2D eigenvalue weighted by atomic mass is 19.1. The number of nitrogens with zero attached hydrogens (tertiary/aromatic N) is 1. The van der Waals surface area contributed by atoms with Crippen LogP contribution in [0.5, 0.6) is 0 Å². The van der Waals surface area contributed by atoms with Gasteiger partial charge in [0.2, 0.25) is 5.91 Å². The molecule has 98 valence electrons. The Morgan fingerprint density at radius 2 is 1.94 bits per heavy atom. The number of hydrogen-bond donors (Lipinski definition) is 1. The fourth-order valence-electron chi connectivity index (χ4n) is 2.47. The van der Waals surface area contributed by atoms with Gasteiger partial charge in [-0.05, 0) is 25.0 Å². The fourth-order valence-corrected chi connectivity index (χ4v) is 2.47. The molecule has 1 saturated heterocycles. The van der Waals surface area contributed by atoms with E-state index in [1.165, 1.54) is 23.1 Å². The number of amides is 1. The zero-order chi connectivity index (χ0) is 13.3. The lowest BCUT2D eigenvalue weighted by molar-refractivity contribution is -0.131. The molecule has 0 aromatic heterocycles. The summed E-state index contributed by atoms with van der Waals surface area (Å²) in [5, 5.41) is 0. The first-order valence-electron chi connectivity index (χ1n) is 5.97. The molecule has 2 unspecified atom stereocenters. The van der Waals surface area contributed by atoms with Gasteiger partial charge in [0.05, 0.1) is 6.04 Å². The van der Waals surface area contributed by atoms with E-state index in [4.69, 9.17) is 5.73 Å². The second kappa shape index (κ2) is 5.02. The van der Waals surface area contributed by atoms with Crippen molar-refractivity contribution in [2.45, 2.75) is 31.3 Å². The predicted octanol–water partition coefficient (Wildman–Crippen LogP) is 1.98. The van der Waals surface area contributed by atoms with Gasteiger partial charge in [0.25, 0.3) is 0 Å². The topological polar surface area (TPSA) is 46.3 Å². The van der Waals surface area contributed by atoms with Crippen LogP contribution in [-0.2, 0) is 4.79 Å². The Bertz CT molecular complexity index is 444. The van der Waals surface area contributed by atoms with Gasteiger partial charge in [-0.25, -0.2) is 8.78 Å². The first-order valence-corrected chi connectivity index (χ1v) is 5.97. The van der Waals surface area contributed by atoms with Crippen LogP contribution in [0.25, 0.3) is 0 Å². The maximum Gasteiger partial charge on any atom is 0.222 e. The molecule has 1 aromatic carbocycles. The van der Waals surface area contributed by atoms with Crippen molar-refractivity contribution in [2.75, 3.05) is 7.05 Å². The average molecular weight is 254 g/mol. The molecule has 0 radical (unpaired) electrons. The third-order valence-corrected chi connectivity index (χ3v) is 3.44. The predicted molar refractivity (Wildman–Crippen MR) is 63.7 cm³/mol. The lowest BCUT2D eigenvalue weighted by atomic mass is 9.95. The number of benzene rings is 1. The molecule has 2 atom stereocenters. The van der Waals surface area contributed by atoms with Gasteiger partial charge in [-0.3, -0.25) is 4.79 Å². The molecule has 3 nitrogen and oxygen atoms in total. The standard InChI is InChI=1S/C13H16F2N2O/c1-17-11(18)7-3-6-10(16)13(17)12-8(14)4-2-5-9(12)15/h2,4-5,10,13H,3,6-7,16H2,1H3. The zero-order valence-electron chi connectivity index (χ0n) is 10.2. The molecule has 1 aliphatic heterocycles. The van der Waals surface area contributed by atoms with Crippen LogP contribution < -0.4 is 5.73 Å². The van der Waals surface area contributed by atoms with Crippen LogP contribution in [0.3, 0.4) is 0 Å². The minimum Gasteiger partial charge on any atom is -0.337 e. The van der Waals surface area contributed by atoms with Gasteiger partial charge in [0.1, 0.15) is 11.6 Å². The molecule has 0 spiro atoms. The van der Waals surface area contributed by atoms with Gasteiger partial charge in [0.15, 0.2) is 0 Å². The van der Waals surface area contributed by atoms with Gasteiger partial charge in [-0.1, -0.05) is 6.07 Å². The Balaban J connectivity index is 2.48. The van der Waals surface area contributed by atoms with E-state index in [-0.39, 0.29) is 11.5 Å². The summed E-state index contributed by atoms with van der Waals surface area (Å²) in [4.78, 5) is 13.2. The highest BCUT2D eigenvalue weighted by molar-refractivity contribution is 5.76. The van der Waals surface area contributed by atoms with Crippen LogP contribution in [0, 0.1) is 11.6 Å². The zero-order valence-corrected chi connectivity index (χ0v) is 10.2. The quantitative estimate of drug-likeness (QED) is 0.833. The lowest BCUT2D eigenvalue weighted by Crippen LogP contribution is -2.40. The Kier molecular flexibility index (Phi) is 3.61. The average Bonchev–Trinajstić information content (AvgIpc) is 2.43. The summed E-state index contributed by atoms with van der Waals surface area (Å²) >= 11 is 0. The summed E-state index contributed by atoms with van der Waals surface area (Å²) in [5.41, 5.74) is 5.87. The van der Waals surface area contributed by atoms with E-state index in [9.17, 15) is 13.6 Å². The van der Waals surface area contributed by atoms with E-state index in [2.05, 4.69) is 0 Å². The second-order valence-electron chi connectivity index (χ2n) is 4.64. The van der Waals surface area contributed by atoms with Crippen molar-refractivity contribution in [1.29, 1.82) is 0 Å². The Morgan fingerprint density at radius 3 is 2.56 bits per heavy atom. The Morgan fingerprint density at radius 1 is 1.33 bits per heavy atom.